The van der Waals surface area contributed by atoms with Gasteiger partial charge in [-0.2, -0.15) is 8.78 Å². The predicted molar refractivity (Wildman–Crippen MR) is 21.3 cm³/mol. The average Bonchev–Trinajstić information content (AvgIpc) is 1.86. The molecular weight excluding hydrogens is 162 g/mol. The van der Waals surface area contributed by atoms with E-state index in [-0.39, 0.29) is 0 Å². The molecule has 0 aromatic carbocycles. The second kappa shape index (κ2) is 3.12. The number of hydrogen-bond acceptors (Lipinski definition) is 0. The molecule has 0 aliphatic rings. The normalized spacial score (nSPS) is 13.2. The van der Waals surface area contributed by atoms with Gasteiger partial charge in [0.15, 0.2) is 6.67 Å². The van der Waals surface area contributed by atoms with E-state index in [4.69, 9.17) is 0 Å². The van der Waals surface area contributed by atoms with Crippen LogP contribution in [-0.2, 0) is 0 Å². The molecule has 0 spiro atoms. The van der Waals surface area contributed by atoms with Crippen LogP contribution in [0.2, 0.25) is 0 Å². The molecule has 1 radical (unpaired) electrons. The molecule has 0 aliphatic heterocycles. The van der Waals surface area contributed by atoms with Crippen LogP contribution >= 0.6 is 0 Å². The van der Waals surface area contributed by atoms with E-state index in [1.54, 1.807) is 0 Å². The Bertz CT molecular complexity index is 99.9. The lowest BCUT2D eigenvalue weighted by atomic mass is 10.2. The van der Waals surface area contributed by atoms with E-state index in [1.165, 1.54) is 0 Å². The minimum absolute atomic E-state index is 2.44. The van der Waals surface area contributed by atoms with Crippen LogP contribution in [0.4, 0.5) is 26.3 Å². The average molecular weight is 165 g/mol. The van der Waals surface area contributed by atoms with Crippen molar-refractivity contribution in [2.24, 2.45) is 0 Å². The first kappa shape index (κ1) is 9.58. The quantitative estimate of drug-likeness (QED) is 0.563. The van der Waals surface area contributed by atoms with Crippen molar-refractivity contribution in [3.8, 4) is 0 Å². The molecule has 0 fully saturated rings. The van der Waals surface area contributed by atoms with Crippen molar-refractivity contribution in [2.45, 2.75) is 12.3 Å². The van der Waals surface area contributed by atoms with Gasteiger partial charge < -0.3 is 0 Å². The first-order valence-corrected chi connectivity index (χ1v) is 2.16. The summed E-state index contributed by atoms with van der Waals surface area (Å²) >= 11 is 0. The zero-order valence-corrected chi connectivity index (χ0v) is 4.55. The topological polar surface area (TPSA) is 0 Å². The number of alkyl halides is 5. The Morgan fingerprint density at radius 1 is 1.30 bits per heavy atom. The first-order valence-electron chi connectivity index (χ1n) is 2.16. The molecule has 0 amide bonds. The van der Waals surface area contributed by atoms with Gasteiger partial charge in [0.2, 0.25) is 0 Å². The molecule has 6 heteroatoms. The van der Waals surface area contributed by atoms with Gasteiger partial charge in [0.05, 0.1) is 0 Å². The molecule has 0 atom stereocenters. The van der Waals surface area contributed by atoms with Crippen molar-refractivity contribution >= 4 is 0 Å². The molecule has 0 nitrogen and oxygen atoms in total. The van der Waals surface area contributed by atoms with Crippen molar-refractivity contribution in [2.75, 3.05) is 6.67 Å². The Balaban J connectivity index is 4.03. The lowest BCUT2D eigenvalue weighted by Gasteiger charge is -2.13. The summed E-state index contributed by atoms with van der Waals surface area (Å²) in [6.07, 6.45) is -6.85. The van der Waals surface area contributed by atoms with E-state index >= 15 is 0 Å². The lowest BCUT2D eigenvalue weighted by molar-refractivity contribution is -0.0791. The van der Waals surface area contributed by atoms with E-state index in [9.17, 15) is 26.3 Å². The molecular formula is C4H3F6. The largest absolute Gasteiger partial charge is 0.318 e. The minimum Gasteiger partial charge on any atom is -0.244 e. The van der Waals surface area contributed by atoms with Crippen LogP contribution < -0.4 is 0 Å². The zero-order valence-electron chi connectivity index (χ0n) is 4.55. The Labute approximate surface area is 52.8 Å². The maximum Gasteiger partial charge on any atom is 0.318 e. The van der Waals surface area contributed by atoms with Gasteiger partial charge >= 0.3 is 5.92 Å². The van der Waals surface area contributed by atoms with Gasteiger partial charge in [-0.05, 0) is 0 Å². The maximum atomic E-state index is 11.5. The van der Waals surface area contributed by atoms with E-state index < -0.39 is 25.2 Å². The summed E-state index contributed by atoms with van der Waals surface area (Å²) in [4.78, 5) is 0. The molecule has 0 saturated heterocycles. The molecule has 0 bridgehead atoms. The monoisotopic (exact) mass is 165 g/mol. The SMILES string of the molecule is FCC(F)(F)[C](F)C(F)F. The number of halogens is 6. The van der Waals surface area contributed by atoms with E-state index in [1.807, 2.05) is 0 Å². The molecule has 0 aliphatic carbocycles. The van der Waals surface area contributed by atoms with Gasteiger partial charge in [-0.25, -0.2) is 17.6 Å². The molecule has 0 N–H and O–H groups in total. The Morgan fingerprint density at radius 3 is 1.80 bits per heavy atom. The van der Waals surface area contributed by atoms with Crippen LogP contribution in [0.25, 0.3) is 0 Å². The molecule has 0 unspecified atom stereocenters. The maximum absolute atomic E-state index is 11.5. The summed E-state index contributed by atoms with van der Waals surface area (Å²) in [6.45, 7) is -2.44. The van der Waals surface area contributed by atoms with Crippen LogP contribution in [-0.4, -0.2) is 19.0 Å². The molecule has 0 saturated carbocycles. The Kier molecular flexibility index (Phi) is 2.98. The first-order chi connectivity index (χ1) is 4.41. The molecule has 0 aromatic rings. The van der Waals surface area contributed by atoms with Gasteiger partial charge in [-0.15, -0.1) is 0 Å². The summed E-state index contributed by atoms with van der Waals surface area (Å²) in [5.41, 5.74) is 0. The van der Waals surface area contributed by atoms with Gasteiger partial charge in [-0.1, -0.05) is 0 Å². The van der Waals surface area contributed by atoms with Gasteiger partial charge in [0.1, 0.15) is 0 Å². The molecule has 0 heterocycles. The summed E-state index contributed by atoms with van der Waals surface area (Å²) < 4.78 is 67.7. The summed E-state index contributed by atoms with van der Waals surface area (Å²) in [6, 6.07) is 0. The second-order valence-corrected chi connectivity index (χ2v) is 1.49. The van der Waals surface area contributed by atoms with Crippen molar-refractivity contribution < 1.29 is 26.3 Å². The van der Waals surface area contributed by atoms with Crippen LogP contribution in [0.5, 0.6) is 0 Å². The summed E-state index contributed by atoms with van der Waals surface area (Å²) in [7, 11) is 0. The van der Waals surface area contributed by atoms with Crippen molar-refractivity contribution in [3.63, 3.8) is 0 Å². The fraction of sp³-hybridized carbons (Fsp3) is 0.750. The van der Waals surface area contributed by atoms with Gasteiger partial charge in [0.25, 0.3) is 12.6 Å². The fourth-order valence-corrected chi connectivity index (χ4v) is 0.223. The highest BCUT2D eigenvalue weighted by Gasteiger charge is 2.47. The highest BCUT2D eigenvalue weighted by atomic mass is 19.3. The third-order valence-corrected chi connectivity index (χ3v) is 0.709. The molecule has 0 aromatic heterocycles. The van der Waals surface area contributed by atoms with E-state index in [2.05, 4.69) is 0 Å². The zero-order chi connectivity index (χ0) is 8.36. The fourth-order valence-electron chi connectivity index (χ4n) is 0.223. The van der Waals surface area contributed by atoms with Crippen LogP contribution in [0.3, 0.4) is 0 Å². The van der Waals surface area contributed by atoms with Gasteiger partial charge in [-0.3, -0.25) is 0 Å². The molecule has 0 rings (SSSR count). The standard InChI is InChI=1S/C4H3F6/c5-1-4(9,10)2(6)3(7)8/h3H,1H2. The number of rotatable bonds is 3. The third kappa shape index (κ3) is 2.07. The molecule has 61 valence electrons. The Hall–Kier alpha value is -0.420. The second-order valence-electron chi connectivity index (χ2n) is 1.49. The smallest absolute Gasteiger partial charge is 0.244 e. The van der Waals surface area contributed by atoms with Crippen LogP contribution in [0, 0.1) is 6.17 Å². The summed E-state index contributed by atoms with van der Waals surface area (Å²) in [5.74, 6) is -4.64. The van der Waals surface area contributed by atoms with Crippen molar-refractivity contribution in [1.82, 2.24) is 0 Å². The lowest BCUT2D eigenvalue weighted by Crippen LogP contribution is -2.30. The van der Waals surface area contributed by atoms with Crippen molar-refractivity contribution in [1.29, 1.82) is 0 Å². The predicted octanol–water partition coefficient (Wildman–Crippen LogP) is 2.36. The summed E-state index contributed by atoms with van der Waals surface area (Å²) in [5, 5.41) is 0. The van der Waals surface area contributed by atoms with Crippen molar-refractivity contribution in [3.05, 3.63) is 6.17 Å². The minimum atomic E-state index is -4.64. The van der Waals surface area contributed by atoms with E-state index in [0.29, 0.717) is 0 Å². The highest BCUT2D eigenvalue weighted by Crippen LogP contribution is 2.32. The molecule has 10 heavy (non-hydrogen) atoms. The van der Waals surface area contributed by atoms with Crippen LogP contribution in [0.15, 0.2) is 0 Å². The van der Waals surface area contributed by atoms with E-state index in [0.717, 1.165) is 0 Å². The highest BCUT2D eigenvalue weighted by molar-refractivity contribution is 4.95. The Morgan fingerprint density at radius 2 is 1.70 bits per heavy atom. The van der Waals surface area contributed by atoms with Crippen LogP contribution in [0.1, 0.15) is 0 Å². The number of hydrogen-bond donors (Lipinski definition) is 0. The third-order valence-electron chi connectivity index (χ3n) is 0.709. The van der Waals surface area contributed by atoms with Gasteiger partial charge in [0, 0.05) is 0 Å².